The van der Waals surface area contributed by atoms with Crippen LogP contribution in [0.15, 0.2) is 40.3 Å². The fourth-order valence-electron chi connectivity index (χ4n) is 2.50. The molecular weight excluding hydrogens is 342 g/mol. The maximum Gasteiger partial charge on any atom is 0.272 e. The summed E-state index contributed by atoms with van der Waals surface area (Å²) in [5.74, 6) is 0.244. The molecule has 3 aromatic heterocycles. The third-order valence-corrected chi connectivity index (χ3v) is 4.48. The molecule has 3 heterocycles. The summed E-state index contributed by atoms with van der Waals surface area (Å²) in [6.07, 6.45) is 2.52. The molecular formula is C16H15N5O3S. The number of carbonyl (C=O) groups excluding carboxylic acids is 2. The molecule has 1 fully saturated rings. The molecule has 0 unspecified atom stereocenters. The number of hydrogen-bond donors (Lipinski definition) is 3. The molecule has 3 aromatic rings. The molecule has 2 amide bonds. The van der Waals surface area contributed by atoms with Crippen molar-refractivity contribution in [1.29, 1.82) is 0 Å². The van der Waals surface area contributed by atoms with Crippen LogP contribution in [0, 0.1) is 0 Å². The van der Waals surface area contributed by atoms with Crippen molar-refractivity contribution < 1.29 is 14.0 Å². The number of aromatic amines is 1. The van der Waals surface area contributed by atoms with Gasteiger partial charge in [0.05, 0.1) is 30.5 Å². The highest BCUT2D eigenvalue weighted by atomic mass is 32.1. The molecule has 0 bridgehead atoms. The van der Waals surface area contributed by atoms with Gasteiger partial charge in [-0.2, -0.15) is 9.47 Å². The lowest BCUT2D eigenvalue weighted by molar-refractivity contribution is -0.120. The fraction of sp³-hybridized carbons (Fsp3) is 0.250. The smallest absolute Gasteiger partial charge is 0.272 e. The van der Waals surface area contributed by atoms with E-state index >= 15 is 0 Å². The molecule has 3 N–H and O–H groups in total. The van der Waals surface area contributed by atoms with E-state index in [1.165, 1.54) is 11.5 Å². The molecule has 0 aromatic carbocycles. The molecule has 1 aliphatic carbocycles. The second-order valence-corrected chi connectivity index (χ2v) is 6.47. The third kappa shape index (κ3) is 3.61. The minimum absolute atomic E-state index is 0.0430. The molecule has 0 spiro atoms. The second kappa shape index (κ2) is 6.52. The molecule has 0 saturated heterocycles. The van der Waals surface area contributed by atoms with Crippen molar-refractivity contribution >= 4 is 23.3 Å². The van der Waals surface area contributed by atoms with E-state index in [4.69, 9.17) is 4.42 Å². The number of hydrogen-bond acceptors (Lipinski definition) is 6. The lowest BCUT2D eigenvalue weighted by Crippen LogP contribution is -2.35. The van der Waals surface area contributed by atoms with E-state index in [0.717, 1.165) is 5.69 Å². The summed E-state index contributed by atoms with van der Waals surface area (Å²) in [5.41, 5.74) is 1.68. The van der Waals surface area contributed by atoms with Crippen molar-refractivity contribution in [3.05, 3.63) is 47.3 Å². The van der Waals surface area contributed by atoms with Crippen LogP contribution in [-0.4, -0.2) is 38.5 Å². The van der Waals surface area contributed by atoms with Gasteiger partial charge in [0.2, 0.25) is 5.91 Å². The van der Waals surface area contributed by atoms with Gasteiger partial charge < -0.3 is 15.1 Å². The minimum Gasteiger partial charge on any atom is -0.463 e. The summed E-state index contributed by atoms with van der Waals surface area (Å²) in [5, 5.41) is 14.4. The Labute approximate surface area is 146 Å². The highest BCUT2D eigenvalue weighted by molar-refractivity contribution is 7.03. The zero-order chi connectivity index (χ0) is 17.2. The number of nitrogens with one attached hydrogen (secondary N) is 3. The molecule has 25 heavy (non-hydrogen) atoms. The van der Waals surface area contributed by atoms with Crippen molar-refractivity contribution in [2.24, 2.45) is 0 Å². The lowest BCUT2D eigenvalue weighted by Gasteiger charge is -2.04. The highest BCUT2D eigenvalue weighted by Gasteiger charge is 2.40. The van der Waals surface area contributed by atoms with Crippen LogP contribution >= 0.6 is 11.5 Å². The van der Waals surface area contributed by atoms with Crippen LogP contribution in [0.3, 0.4) is 0 Å². The number of nitrogens with zero attached hydrogens (tertiary/aromatic N) is 2. The zero-order valence-corrected chi connectivity index (χ0v) is 13.9. The number of amides is 2. The van der Waals surface area contributed by atoms with Crippen molar-refractivity contribution in [3.8, 4) is 11.5 Å². The van der Waals surface area contributed by atoms with Crippen molar-refractivity contribution in [2.75, 3.05) is 0 Å². The first kappa shape index (κ1) is 15.6. The van der Waals surface area contributed by atoms with E-state index in [0.29, 0.717) is 17.9 Å². The molecule has 2 atom stereocenters. The Balaban J connectivity index is 1.27. The first-order chi connectivity index (χ1) is 12.2. The van der Waals surface area contributed by atoms with Gasteiger partial charge in [-0.1, -0.05) is 0 Å². The number of aromatic nitrogens is 3. The summed E-state index contributed by atoms with van der Waals surface area (Å²) in [4.78, 5) is 24.1. The first-order valence-corrected chi connectivity index (χ1v) is 8.61. The number of carbonyl (C=O) groups is 2. The van der Waals surface area contributed by atoms with Gasteiger partial charge in [-0.05, 0) is 36.2 Å². The normalized spacial score (nSPS) is 18.7. The average Bonchev–Trinajstić information content (AvgIpc) is 3.13. The first-order valence-electron chi connectivity index (χ1n) is 7.78. The van der Waals surface area contributed by atoms with Gasteiger partial charge in [0.1, 0.15) is 5.69 Å². The van der Waals surface area contributed by atoms with Crippen LogP contribution in [-0.2, 0) is 11.2 Å². The highest BCUT2D eigenvalue weighted by Crippen LogP contribution is 2.23. The van der Waals surface area contributed by atoms with Crippen molar-refractivity contribution in [3.63, 3.8) is 0 Å². The van der Waals surface area contributed by atoms with E-state index in [2.05, 4.69) is 25.2 Å². The third-order valence-electron chi connectivity index (χ3n) is 3.88. The van der Waals surface area contributed by atoms with Crippen LogP contribution in [0.5, 0.6) is 0 Å². The van der Waals surface area contributed by atoms with Gasteiger partial charge in [0.25, 0.3) is 5.91 Å². The van der Waals surface area contributed by atoms with E-state index in [1.807, 2.05) is 11.4 Å². The Bertz CT molecular complexity index is 872. The van der Waals surface area contributed by atoms with Crippen LogP contribution in [0.4, 0.5) is 0 Å². The topological polar surface area (TPSA) is 113 Å². The van der Waals surface area contributed by atoms with Gasteiger partial charge in [-0.25, -0.2) is 0 Å². The van der Waals surface area contributed by atoms with Gasteiger partial charge in [-0.3, -0.25) is 14.7 Å². The van der Waals surface area contributed by atoms with Gasteiger partial charge in [0.15, 0.2) is 11.5 Å². The zero-order valence-electron chi connectivity index (χ0n) is 13.1. The Morgan fingerprint density at radius 2 is 2.20 bits per heavy atom. The van der Waals surface area contributed by atoms with Crippen LogP contribution < -0.4 is 10.6 Å². The Morgan fingerprint density at radius 1 is 1.32 bits per heavy atom. The maximum absolute atomic E-state index is 12.2. The number of rotatable bonds is 6. The van der Waals surface area contributed by atoms with Crippen LogP contribution in [0.25, 0.3) is 11.5 Å². The van der Waals surface area contributed by atoms with E-state index < -0.39 is 0 Å². The molecule has 128 valence electrons. The summed E-state index contributed by atoms with van der Waals surface area (Å²) in [7, 11) is 0. The SMILES string of the molecule is O=C(Cc1ccsn1)N[C@@H]1C[C@H]1NC(=O)c1cc(-c2ccco2)[nH]n1. The molecule has 9 heteroatoms. The molecule has 0 radical (unpaired) electrons. The Hall–Kier alpha value is -2.94. The fourth-order valence-corrected chi connectivity index (χ4v) is 3.04. The molecule has 8 nitrogen and oxygen atoms in total. The second-order valence-electron chi connectivity index (χ2n) is 5.80. The quantitative estimate of drug-likeness (QED) is 0.616. The predicted molar refractivity (Wildman–Crippen MR) is 89.9 cm³/mol. The van der Waals surface area contributed by atoms with E-state index in [9.17, 15) is 9.59 Å². The summed E-state index contributed by atoms with van der Waals surface area (Å²) < 4.78 is 9.36. The van der Waals surface area contributed by atoms with Crippen LogP contribution in [0.1, 0.15) is 22.6 Å². The Morgan fingerprint density at radius 3 is 2.96 bits per heavy atom. The summed E-state index contributed by atoms with van der Waals surface area (Å²) in [6.45, 7) is 0. The molecule has 1 saturated carbocycles. The van der Waals surface area contributed by atoms with Gasteiger partial charge in [-0.15, -0.1) is 0 Å². The Kier molecular flexibility index (Phi) is 4.06. The predicted octanol–water partition coefficient (Wildman–Crippen LogP) is 1.36. The molecule has 0 aliphatic heterocycles. The monoisotopic (exact) mass is 357 g/mol. The number of furan rings is 1. The van der Waals surface area contributed by atoms with Gasteiger partial charge in [0, 0.05) is 11.4 Å². The summed E-state index contributed by atoms with van der Waals surface area (Å²) >= 11 is 1.32. The largest absolute Gasteiger partial charge is 0.463 e. The molecule has 4 rings (SSSR count). The van der Waals surface area contributed by atoms with Crippen molar-refractivity contribution in [2.45, 2.75) is 24.9 Å². The van der Waals surface area contributed by atoms with Crippen molar-refractivity contribution in [1.82, 2.24) is 25.2 Å². The lowest BCUT2D eigenvalue weighted by atomic mass is 10.3. The minimum atomic E-state index is -0.282. The van der Waals surface area contributed by atoms with E-state index in [-0.39, 0.29) is 36.0 Å². The standard InChI is InChI=1S/C16H15N5O3S/c22-15(6-9-3-5-25-21-9)17-10-7-11(10)18-16(23)13-8-12(19-20-13)14-2-1-4-24-14/h1-5,8,10-11H,6-7H2,(H,17,22)(H,18,23)(H,19,20)/t10-,11-/m1/s1. The molecule has 1 aliphatic rings. The van der Waals surface area contributed by atoms with Gasteiger partial charge >= 0.3 is 0 Å². The number of H-pyrrole nitrogens is 1. The van der Waals surface area contributed by atoms with E-state index in [1.54, 1.807) is 24.5 Å². The average molecular weight is 357 g/mol. The summed E-state index contributed by atoms with van der Waals surface area (Å²) in [6, 6.07) is 6.88. The van der Waals surface area contributed by atoms with Crippen LogP contribution in [0.2, 0.25) is 0 Å². The maximum atomic E-state index is 12.2.